The SMILES string of the molecule is [C-]#[O+].[C-]#[O+].[C-]#[O+].[Fe].[Fe].c1ccc(P(c2ccccc2)c2cc[cH-]c2)cc1.c1ccc(P(c2ccccc2)c2ccc[cH-]2)cc1. The van der Waals surface area contributed by atoms with Gasteiger partial charge in [0.2, 0.25) is 0 Å². The van der Waals surface area contributed by atoms with Gasteiger partial charge in [-0.1, -0.05) is 129 Å². The fourth-order valence-electron chi connectivity index (χ4n) is 4.23. The van der Waals surface area contributed by atoms with Gasteiger partial charge in [-0.15, -0.1) is 5.30 Å². The minimum atomic E-state index is -0.409. The molecule has 44 heavy (non-hydrogen) atoms. The fourth-order valence-corrected chi connectivity index (χ4v) is 8.84. The summed E-state index contributed by atoms with van der Waals surface area (Å²) in [6.45, 7) is 13.5. The molecule has 0 radical (unpaired) electrons. The average molecular weight is 694 g/mol. The van der Waals surface area contributed by atoms with Crippen LogP contribution in [0.1, 0.15) is 0 Å². The third-order valence-corrected chi connectivity index (χ3v) is 10.8. The van der Waals surface area contributed by atoms with Gasteiger partial charge in [0.1, 0.15) is 0 Å². The zero-order valence-corrected chi connectivity index (χ0v) is 27.5. The van der Waals surface area contributed by atoms with Crippen LogP contribution in [0.15, 0.2) is 170 Å². The molecule has 6 aromatic carbocycles. The van der Waals surface area contributed by atoms with Gasteiger partial charge in [-0.2, -0.15) is 35.6 Å². The summed E-state index contributed by atoms with van der Waals surface area (Å²) in [5.41, 5.74) is 0. The standard InChI is InChI=1S/2C17H14P.3CO.2Fe/c2*1-3-9-15(10-4-1)18(17-13-7-8-14-17)16-11-5-2-6-12-16;3*1-2;;/h2*1-14H;;;;;/q2*-1;;;;;. The summed E-state index contributed by atoms with van der Waals surface area (Å²) in [6, 6.07) is 60.5. The van der Waals surface area contributed by atoms with E-state index < -0.39 is 15.8 Å². The summed E-state index contributed by atoms with van der Waals surface area (Å²) in [5.74, 6) is 0. The Morgan fingerprint density at radius 1 is 0.386 bits per heavy atom. The van der Waals surface area contributed by atoms with Crippen LogP contribution in [0.4, 0.5) is 0 Å². The molecular weight excluding hydrogens is 666 g/mol. The Morgan fingerprint density at radius 3 is 1.05 bits per heavy atom. The van der Waals surface area contributed by atoms with Crippen LogP contribution in [0, 0.1) is 20.0 Å². The van der Waals surface area contributed by atoms with E-state index in [9.17, 15) is 0 Å². The second kappa shape index (κ2) is 25.1. The molecule has 0 saturated heterocycles. The van der Waals surface area contributed by atoms with Gasteiger partial charge in [-0.3, -0.25) is 0 Å². The Hall–Kier alpha value is -3.30. The van der Waals surface area contributed by atoms with Crippen molar-refractivity contribution in [2.24, 2.45) is 0 Å². The zero-order chi connectivity index (χ0) is 30.4. The van der Waals surface area contributed by atoms with Crippen LogP contribution in [0.3, 0.4) is 0 Å². The molecule has 0 aliphatic heterocycles. The first kappa shape index (κ1) is 40.7. The van der Waals surface area contributed by atoms with E-state index >= 15 is 0 Å². The minimum absolute atomic E-state index is 0. The normalized spacial score (nSPS) is 8.91. The van der Waals surface area contributed by atoms with Gasteiger partial charge < -0.3 is 0 Å². The molecule has 0 aliphatic carbocycles. The molecule has 0 amide bonds. The summed E-state index contributed by atoms with van der Waals surface area (Å²) in [5, 5.41) is 8.47. The molecular formula is C37H28Fe2O3P2-2. The summed E-state index contributed by atoms with van der Waals surface area (Å²) in [6.07, 6.45) is 0. The smallest absolute Gasteiger partial charge is 0 e. The van der Waals surface area contributed by atoms with Crippen molar-refractivity contribution in [3.05, 3.63) is 190 Å². The molecule has 0 atom stereocenters. The van der Waals surface area contributed by atoms with Gasteiger partial charge in [0.25, 0.3) is 0 Å². The minimum Gasteiger partial charge on any atom is -0.213 e. The Morgan fingerprint density at radius 2 is 0.750 bits per heavy atom. The van der Waals surface area contributed by atoms with Crippen LogP contribution in [-0.2, 0) is 48.1 Å². The third kappa shape index (κ3) is 12.4. The van der Waals surface area contributed by atoms with Crippen molar-refractivity contribution in [1.29, 1.82) is 0 Å². The van der Waals surface area contributed by atoms with Crippen LogP contribution in [0.5, 0.6) is 0 Å². The Kier molecular flexibility index (Phi) is 23.2. The Balaban J connectivity index is 0.000000692. The van der Waals surface area contributed by atoms with Gasteiger partial charge in [0, 0.05) is 34.1 Å². The molecule has 6 rings (SSSR count). The largest absolute Gasteiger partial charge is 0.213 e. The van der Waals surface area contributed by atoms with E-state index in [2.05, 4.69) is 190 Å². The first-order valence-electron chi connectivity index (χ1n) is 12.8. The van der Waals surface area contributed by atoms with E-state index in [1.54, 1.807) is 0 Å². The molecule has 7 heteroatoms. The first-order valence-corrected chi connectivity index (χ1v) is 15.4. The van der Waals surface area contributed by atoms with Gasteiger partial charge in [0.05, 0.1) is 0 Å². The molecule has 0 saturated carbocycles. The van der Waals surface area contributed by atoms with E-state index in [1.165, 1.54) is 31.8 Å². The van der Waals surface area contributed by atoms with Gasteiger partial charge in [0.15, 0.2) is 0 Å². The van der Waals surface area contributed by atoms with Crippen molar-refractivity contribution >= 4 is 47.7 Å². The molecule has 0 unspecified atom stereocenters. The Bertz CT molecular complexity index is 1350. The molecule has 0 fully saturated rings. The van der Waals surface area contributed by atoms with Crippen molar-refractivity contribution in [3.63, 3.8) is 0 Å². The summed E-state index contributed by atoms with van der Waals surface area (Å²) in [7, 11) is -0.818. The second-order valence-corrected chi connectivity index (χ2v) is 12.7. The topological polar surface area (TPSA) is 59.7 Å². The maximum absolute atomic E-state index is 7.50. The summed E-state index contributed by atoms with van der Waals surface area (Å²) >= 11 is 0. The second-order valence-electron chi connectivity index (χ2n) is 8.30. The van der Waals surface area contributed by atoms with E-state index in [0.29, 0.717) is 0 Å². The van der Waals surface area contributed by atoms with Gasteiger partial charge in [-0.25, -0.2) is 18.2 Å². The van der Waals surface area contributed by atoms with E-state index in [1.807, 2.05) is 0 Å². The summed E-state index contributed by atoms with van der Waals surface area (Å²) in [4.78, 5) is 0. The van der Waals surface area contributed by atoms with E-state index in [4.69, 9.17) is 14.0 Å². The van der Waals surface area contributed by atoms with E-state index in [0.717, 1.165) is 0 Å². The molecule has 0 aromatic heterocycles. The number of hydrogen-bond acceptors (Lipinski definition) is 0. The molecule has 222 valence electrons. The fraction of sp³-hybridized carbons (Fsp3) is 0. The molecule has 0 spiro atoms. The third-order valence-electron chi connectivity index (χ3n) is 5.86. The van der Waals surface area contributed by atoms with Crippen molar-refractivity contribution in [2.75, 3.05) is 0 Å². The molecule has 6 aromatic rings. The molecule has 0 N–H and O–H groups in total. The Labute approximate surface area is 284 Å². The predicted molar refractivity (Wildman–Crippen MR) is 173 cm³/mol. The number of benzene rings is 4. The van der Waals surface area contributed by atoms with Crippen molar-refractivity contribution in [2.45, 2.75) is 0 Å². The van der Waals surface area contributed by atoms with Crippen molar-refractivity contribution in [3.8, 4) is 0 Å². The van der Waals surface area contributed by atoms with Crippen LogP contribution in [-0.4, -0.2) is 0 Å². The van der Waals surface area contributed by atoms with Crippen LogP contribution < -0.4 is 31.8 Å². The number of hydrogen-bond donors (Lipinski definition) is 0. The number of rotatable bonds is 6. The van der Waals surface area contributed by atoms with Crippen LogP contribution in [0.25, 0.3) is 0 Å². The maximum atomic E-state index is 7.50. The molecule has 0 heterocycles. The summed E-state index contributed by atoms with van der Waals surface area (Å²) < 4.78 is 22.5. The van der Waals surface area contributed by atoms with Gasteiger partial charge >= 0.3 is 33.9 Å². The quantitative estimate of drug-likeness (QED) is 0.0863. The molecule has 0 bridgehead atoms. The molecule has 0 aliphatic rings. The monoisotopic (exact) mass is 694 g/mol. The van der Waals surface area contributed by atoms with Crippen LogP contribution >= 0.6 is 15.8 Å². The zero-order valence-electron chi connectivity index (χ0n) is 23.5. The van der Waals surface area contributed by atoms with E-state index in [-0.39, 0.29) is 34.1 Å². The molecule has 3 nitrogen and oxygen atoms in total. The maximum Gasteiger partial charge on any atom is 0 e. The average Bonchev–Trinajstić information content (AvgIpc) is 3.83. The van der Waals surface area contributed by atoms with Crippen LogP contribution in [0.2, 0.25) is 0 Å². The van der Waals surface area contributed by atoms with Crippen molar-refractivity contribution < 1.29 is 48.1 Å². The van der Waals surface area contributed by atoms with Crippen molar-refractivity contribution in [1.82, 2.24) is 0 Å². The first-order chi connectivity index (χ1) is 20.9. The predicted octanol–water partition coefficient (Wildman–Crippen LogP) is 6.21. The van der Waals surface area contributed by atoms with Gasteiger partial charge in [-0.05, 0) is 29.1 Å².